The Kier molecular flexibility index (Phi) is 6.17. The topological polar surface area (TPSA) is 89.9 Å². The van der Waals surface area contributed by atoms with Crippen LogP contribution in [0.2, 0.25) is 0 Å². The highest BCUT2D eigenvalue weighted by Crippen LogP contribution is 2.18. The largest absolute Gasteiger partial charge is 0.508 e. The number of anilines is 1. The predicted octanol–water partition coefficient (Wildman–Crippen LogP) is 1.74. The molecule has 1 aromatic carbocycles. The van der Waals surface area contributed by atoms with Crippen molar-refractivity contribution in [2.24, 2.45) is 0 Å². The molecule has 0 unspecified atom stereocenters. The number of rotatable bonds is 6. The third-order valence-corrected chi connectivity index (χ3v) is 3.37. The van der Waals surface area contributed by atoms with Gasteiger partial charge >= 0.3 is 12.0 Å². The fraction of sp³-hybridized carbons (Fsp3) is 0.385. The summed E-state index contributed by atoms with van der Waals surface area (Å²) in [5, 5.41) is 20.9. The van der Waals surface area contributed by atoms with Gasteiger partial charge in [0.1, 0.15) is 11.8 Å². The van der Waals surface area contributed by atoms with Crippen molar-refractivity contribution in [3.05, 3.63) is 24.3 Å². The van der Waals surface area contributed by atoms with E-state index < -0.39 is 18.0 Å². The molecular weight excluding hydrogens is 280 g/mol. The zero-order valence-corrected chi connectivity index (χ0v) is 12.2. The number of thioether (sulfide) groups is 1. The zero-order valence-electron chi connectivity index (χ0n) is 11.4. The highest BCUT2D eigenvalue weighted by molar-refractivity contribution is 7.98. The van der Waals surface area contributed by atoms with Crippen molar-refractivity contribution in [2.75, 3.05) is 24.0 Å². The maximum Gasteiger partial charge on any atom is 0.326 e. The van der Waals surface area contributed by atoms with Gasteiger partial charge in [0.25, 0.3) is 0 Å². The van der Waals surface area contributed by atoms with E-state index in [0.29, 0.717) is 17.9 Å². The summed E-state index contributed by atoms with van der Waals surface area (Å²) < 4.78 is 0. The van der Waals surface area contributed by atoms with E-state index in [0.717, 1.165) is 0 Å². The van der Waals surface area contributed by atoms with E-state index >= 15 is 0 Å². The van der Waals surface area contributed by atoms with Crippen molar-refractivity contribution < 1.29 is 19.8 Å². The summed E-state index contributed by atoms with van der Waals surface area (Å²) in [7, 11) is 1.51. The van der Waals surface area contributed by atoms with Gasteiger partial charge in [0, 0.05) is 18.8 Å². The van der Waals surface area contributed by atoms with Crippen molar-refractivity contribution in [1.29, 1.82) is 0 Å². The van der Waals surface area contributed by atoms with Gasteiger partial charge in [-0.25, -0.2) is 9.59 Å². The van der Waals surface area contributed by atoms with Gasteiger partial charge in [0.15, 0.2) is 0 Å². The van der Waals surface area contributed by atoms with Crippen molar-refractivity contribution >= 4 is 29.4 Å². The third kappa shape index (κ3) is 4.65. The van der Waals surface area contributed by atoms with Gasteiger partial charge in [-0.3, -0.25) is 4.90 Å². The lowest BCUT2D eigenvalue weighted by molar-refractivity contribution is -0.139. The number of amides is 2. The number of nitrogens with zero attached hydrogens (tertiary/aromatic N) is 1. The number of phenols is 1. The van der Waals surface area contributed by atoms with Crippen LogP contribution in [0.1, 0.15) is 6.42 Å². The van der Waals surface area contributed by atoms with Crippen LogP contribution in [-0.4, -0.2) is 47.3 Å². The first-order chi connectivity index (χ1) is 9.45. The van der Waals surface area contributed by atoms with Gasteiger partial charge in [0.2, 0.25) is 0 Å². The molecular formula is C13H18N2O4S. The van der Waals surface area contributed by atoms with Gasteiger partial charge < -0.3 is 15.5 Å². The average Bonchev–Trinajstić information content (AvgIpc) is 2.42. The van der Waals surface area contributed by atoms with Gasteiger partial charge in [-0.1, -0.05) is 6.07 Å². The summed E-state index contributed by atoms with van der Waals surface area (Å²) >= 11 is 1.52. The van der Waals surface area contributed by atoms with E-state index in [1.165, 1.54) is 35.8 Å². The Morgan fingerprint density at radius 3 is 2.70 bits per heavy atom. The number of carbonyl (C=O) groups excluding carboxylic acids is 1. The minimum atomic E-state index is -1.06. The second-order valence-corrected chi connectivity index (χ2v) is 5.19. The lowest BCUT2D eigenvalue weighted by atomic mass is 10.2. The molecule has 6 nitrogen and oxygen atoms in total. The van der Waals surface area contributed by atoms with Crippen LogP contribution in [0.25, 0.3) is 0 Å². The molecule has 0 fully saturated rings. The Bertz CT molecular complexity index is 481. The van der Waals surface area contributed by atoms with Crippen LogP contribution in [0.15, 0.2) is 24.3 Å². The van der Waals surface area contributed by atoms with Crippen LogP contribution >= 0.6 is 11.8 Å². The van der Waals surface area contributed by atoms with Gasteiger partial charge in [-0.05, 0) is 30.6 Å². The molecule has 1 rings (SSSR count). The molecule has 0 aliphatic carbocycles. The monoisotopic (exact) mass is 298 g/mol. The molecule has 0 spiro atoms. The van der Waals surface area contributed by atoms with E-state index in [2.05, 4.69) is 5.32 Å². The normalized spacial score (nSPS) is 11.7. The van der Waals surface area contributed by atoms with Crippen LogP contribution in [-0.2, 0) is 4.79 Å². The van der Waals surface area contributed by atoms with E-state index in [1.54, 1.807) is 12.1 Å². The number of phenolic OH excluding ortho intramolecular Hbond substituents is 1. The molecule has 0 heterocycles. The van der Waals surface area contributed by atoms with E-state index in [9.17, 15) is 14.7 Å². The molecule has 0 saturated carbocycles. The van der Waals surface area contributed by atoms with Crippen LogP contribution < -0.4 is 10.2 Å². The molecule has 0 saturated heterocycles. The van der Waals surface area contributed by atoms with Crippen LogP contribution in [0.5, 0.6) is 5.75 Å². The van der Waals surface area contributed by atoms with Crippen molar-refractivity contribution in [3.63, 3.8) is 0 Å². The molecule has 1 aromatic rings. The van der Waals surface area contributed by atoms with Gasteiger partial charge in [-0.15, -0.1) is 0 Å². The maximum absolute atomic E-state index is 12.0. The number of carboxylic acids is 1. The number of hydrogen-bond acceptors (Lipinski definition) is 4. The molecule has 1 atom stereocenters. The number of nitrogens with one attached hydrogen (secondary N) is 1. The quantitative estimate of drug-likeness (QED) is 0.744. The Balaban J connectivity index is 2.70. The number of hydrogen-bond donors (Lipinski definition) is 3. The number of aliphatic carboxylic acids is 1. The summed E-state index contributed by atoms with van der Waals surface area (Å²) in [6.07, 6.45) is 2.23. The summed E-state index contributed by atoms with van der Waals surface area (Å²) in [6.45, 7) is 0. The molecule has 0 aromatic heterocycles. The highest BCUT2D eigenvalue weighted by Gasteiger charge is 2.21. The maximum atomic E-state index is 12.0. The summed E-state index contributed by atoms with van der Waals surface area (Å²) in [6, 6.07) is 4.73. The number of aromatic hydroxyl groups is 1. The number of carboxylic acid groups (broad SMARTS) is 1. The molecule has 0 bridgehead atoms. The SMILES string of the molecule is CSCC[C@@H](NC(=O)N(C)c1cccc(O)c1)C(=O)O. The Morgan fingerprint density at radius 1 is 1.45 bits per heavy atom. The van der Waals surface area contributed by atoms with Gasteiger partial charge in [-0.2, -0.15) is 11.8 Å². The van der Waals surface area contributed by atoms with Crippen molar-refractivity contribution in [1.82, 2.24) is 5.32 Å². The second kappa shape index (κ2) is 7.64. The molecule has 2 amide bonds. The molecule has 3 N–H and O–H groups in total. The number of urea groups is 1. The first-order valence-electron chi connectivity index (χ1n) is 6.00. The fourth-order valence-corrected chi connectivity index (χ4v) is 2.03. The smallest absolute Gasteiger partial charge is 0.326 e. The minimum absolute atomic E-state index is 0.0410. The fourth-order valence-electron chi connectivity index (χ4n) is 1.56. The number of benzene rings is 1. The molecule has 20 heavy (non-hydrogen) atoms. The summed E-state index contributed by atoms with van der Waals surface area (Å²) in [5.41, 5.74) is 0.483. The summed E-state index contributed by atoms with van der Waals surface area (Å²) in [5.74, 6) is -0.372. The molecule has 0 radical (unpaired) electrons. The standard InChI is InChI=1S/C13H18N2O4S/c1-15(9-4-3-5-10(16)8-9)13(19)14-11(12(17)18)6-7-20-2/h3-5,8,11,16H,6-7H2,1-2H3,(H,14,19)(H,17,18)/t11-/m1/s1. The Morgan fingerprint density at radius 2 is 2.15 bits per heavy atom. The molecule has 0 aliphatic heterocycles. The molecule has 110 valence electrons. The lowest BCUT2D eigenvalue weighted by Gasteiger charge is -2.21. The average molecular weight is 298 g/mol. The van der Waals surface area contributed by atoms with Crippen molar-refractivity contribution in [3.8, 4) is 5.75 Å². The van der Waals surface area contributed by atoms with Crippen molar-refractivity contribution in [2.45, 2.75) is 12.5 Å². The molecule has 0 aliphatic rings. The van der Waals surface area contributed by atoms with Crippen LogP contribution in [0.3, 0.4) is 0 Å². The van der Waals surface area contributed by atoms with E-state index in [4.69, 9.17) is 5.11 Å². The first-order valence-corrected chi connectivity index (χ1v) is 7.40. The summed E-state index contributed by atoms with van der Waals surface area (Å²) in [4.78, 5) is 24.3. The minimum Gasteiger partial charge on any atom is -0.508 e. The Hall–Kier alpha value is -1.89. The first kappa shape index (κ1) is 16.2. The zero-order chi connectivity index (χ0) is 15.1. The third-order valence-electron chi connectivity index (χ3n) is 2.73. The lowest BCUT2D eigenvalue weighted by Crippen LogP contribution is -2.47. The predicted molar refractivity (Wildman–Crippen MR) is 79.5 cm³/mol. The Labute approximate surface area is 121 Å². The van der Waals surface area contributed by atoms with E-state index in [1.807, 2.05) is 6.26 Å². The van der Waals surface area contributed by atoms with E-state index in [-0.39, 0.29) is 5.75 Å². The number of carbonyl (C=O) groups is 2. The van der Waals surface area contributed by atoms with Crippen LogP contribution in [0.4, 0.5) is 10.5 Å². The second-order valence-electron chi connectivity index (χ2n) is 4.20. The van der Waals surface area contributed by atoms with Gasteiger partial charge in [0.05, 0.1) is 0 Å². The highest BCUT2D eigenvalue weighted by atomic mass is 32.2. The molecule has 7 heteroatoms. The van der Waals surface area contributed by atoms with Crippen LogP contribution in [0, 0.1) is 0 Å².